The van der Waals surface area contributed by atoms with E-state index in [2.05, 4.69) is 10.0 Å². The lowest BCUT2D eigenvalue weighted by Crippen LogP contribution is -2.32. The van der Waals surface area contributed by atoms with Gasteiger partial charge in [0, 0.05) is 12.1 Å². The van der Waals surface area contributed by atoms with Crippen LogP contribution in [0.5, 0.6) is 5.75 Å². The van der Waals surface area contributed by atoms with Gasteiger partial charge in [-0.1, -0.05) is 0 Å². The van der Waals surface area contributed by atoms with Crippen LogP contribution in [0.2, 0.25) is 0 Å². The summed E-state index contributed by atoms with van der Waals surface area (Å²) in [6.45, 7) is 2.96. The van der Waals surface area contributed by atoms with Crippen LogP contribution in [0, 0.1) is 5.82 Å². The predicted octanol–water partition coefficient (Wildman–Crippen LogP) is 1.72. The Morgan fingerprint density at radius 3 is 2.90 bits per heavy atom. The minimum absolute atomic E-state index is 0.00182. The molecule has 1 aliphatic rings. The molecule has 1 atom stereocenters. The van der Waals surface area contributed by atoms with E-state index in [1.807, 2.05) is 0 Å². The third-order valence-corrected chi connectivity index (χ3v) is 4.48. The van der Waals surface area contributed by atoms with Gasteiger partial charge in [-0.3, -0.25) is 4.72 Å². The average molecular weight is 302 g/mol. The molecule has 1 fully saturated rings. The molecule has 0 radical (unpaired) electrons. The fraction of sp³-hybridized carbons (Fsp3) is 0.538. The Bertz CT molecular complexity index is 557. The molecular weight excluding hydrogens is 283 g/mol. The Labute approximate surface area is 118 Å². The maximum atomic E-state index is 13.6. The number of benzene rings is 1. The summed E-state index contributed by atoms with van der Waals surface area (Å²) in [5, 5.41) is 3.12. The lowest BCUT2D eigenvalue weighted by atomic mass is 10.3. The van der Waals surface area contributed by atoms with E-state index >= 15 is 0 Å². The van der Waals surface area contributed by atoms with E-state index < -0.39 is 15.8 Å². The zero-order chi connectivity index (χ0) is 14.6. The topological polar surface area (TPSA) is 67.4 Å². The minimum atomic E-state index is -3.48. The Kier molecular flexibility index (Phi) is 4.82. The molecule has 0 aromatic heterocycles. The standard InChI is InChI=1S/C13H19FN2O3S/c1-2-19-13-6-5-10(8-12(13)14)16-20(17,18)9-11-4-3-7-15-11/h5-6,8,11,15-16H,2-4,7,9H2,1H3. The molecule has 5 nitrogen and oxygen atoms in total. The number of nitrogens with one attached hydrogen (secondary N) is 2. The van der Waals surface area contributed by atoms with Crippen molar-refractivity contribution in [2.75, 3.05) is 23.6 Å². The van der Waals surface area contributed by atoms with E-state index in [1.165, 1.54) is 12.1 Å². The number of halogens is 1. The summed E-state index contributed by atoms with van der Waals surface area (Å²) in [6.07, 6.45) is 1.83. The predicted molar refractivity (Wildman–Crippen MR) is 76.0 cm³/mol. The van der Waals surface area contributed by atoms with Crippen LogP contribution in [0.1, 0.15) is 19.8 Å². The fourth-order valence-electron chi connectivity index (χ4n) is 2.22. The number of hydrogen-bond acceptors (Lipinski definition) is 4. The number of anilines is 1. The second-order valence-electron chi connectivity index (χ2n) is 4.75. The number of sulfonamides is 1. The molecule has 0 saturated carbocycles. The largest absolute Gasteiger partial charge is 0.491 e. The van der Waals surface area contributed by atoms with Gasteiger partial charge in [0.15, 0.2) is 11.6 Å². The van der Waals surface area contributed by atoms with E-state index in [0.29, 0.717) is 6.61 Å². The molecule has 112 valence electrons. The van der Waals surface area contributed by atoms with Gasteiger partial charge in [-0.15, -0.1) is 0 Å². The van der Waals surface area contributed by atoms with E-state index in [9.17, 15) is 12.8 Å². The van der Waals surface area contributed by atoms with Crippen LogP contribution < -0.4 is 14.8 Å². The second-order valence-corrected chi connectivity index (χ2v) is 6.52. The molecule has 2 N–H and O–H groups in total. The van der Waals surface area contributed by atoms with E-state index in [1.54, 1.807) is 6.92 Å². The van der Waals surface area contributed by atoms with Crippen molar-refractivity contribution < 1.29 is 17.5 Å². The molecule has 2 rings (SSSR count). The summed E-state index contributed by atoms with van der Waals surface area (Å²) in [5.41, 5.74) is 0.212. The van der Waals surface area contributed by atoms with Gasteiger partial charge < -0.3 is 10.1 Å². The smallest absolute Gasteiger partial charge is 0.234 e. The zero-order valence-corrected chi connectivity index (χ0v) is 12.2. The van der Waals surface area contributed by atoms with Crippen LogP contribution >= 0.6 is 0 Å². The molecule has 1 heterocycles. The molecule has 1 aromatic carbocycles. The maximum absolute atomic E-state index is 13.6. The van der Waals surface area contributed by atoms with Crippen LogP contribution in [0.4, 0.5) is 10.1 Å². The van der Waals surface area contributed by atoms with Crippen LogP contribution in [0.15, 0.2) is 18.2 Å². The van der Waals surface area contributed by atoms with Crippen LogP contribution in [0.25, 0.3) is 0 Å². The van der Waals surface area contributed by atoms with Gasteiger partial charge in [-0.25, -0.2) is 12.8 Å². The van der Waals surface area contributed by atoms with Gasteiger partial charge >= 0.3 is 0 Å². The molecule has 0 spiro atoms. The third kappa shape index (κ3) is 4.08. The minimum Gasteiger partial charge on any atom is -0.491 e. The second kappa shape index (κ2) is 6.41. The molecule has 20 heavy (non-hydrogen) atoms. The molecule has 1 saturated heterocycles. The van der Waals surface area contributed by atoms with Crippen LogP contribution in [-0.4, -0.2) is 33.4 Å². The highest BCUT2D eigenvalue weighted by atomic mass is 32.2. The Morgan fingerprint density at radius 1 is 1.50 bits per heavy atom. The Balaban J connectivity index is 2.03. The van der Waals surface area contributed by atoms with Crippen molar-refractivity contribution >= 4 is 15.7 Å². The molecular formula is C13H19FN2O3S. The van der Waals surface area contributed by atoms with Crippen molar-refractivity contribution in [3.8, 4) is 5.75 Å². The molecule has 0 amide bonds. The third-order valence-electron chi connectivity index (χ3n) is 3.09. The summed E-state index contributed by atoms with van der Waals surface area (Å²) in [4.78, 5) is 0. The number of ether oxygens (including phenoxy) is 1. The summed E-state index contributed by atoms with van der Waals surface area (Å²) in [5.74, 6) is -0.457. The molecule has 0 aliphatic carbocycles. The van der Waals surface area contributed by atoms with Crippen molar-refractivity contribution in [3.63, 3.8) is 0 Å². The van der Waals surface area contributed by atoms with Crippen molar-refractivity contribution in [3.05, 3.63) is 24.0 Å². The van der Waals surface area contributed by atoms with Crippen molar-refractivity contribution in [1.29, 1.82) is 0 Å². The van der Waals surface area contributed by atoms with Crippen LogP contribution in [-0.2, 0) is 10.0 Å². The number of hydrogen-bond donors (Lipinski definition) is 2. The quantitative estimate of drug-likeness (QED) is 0.839. The van der Waals surface area contributed by atoms with Gasteiger partial charge in [0.1, 0.15) is 0 Å². The molecule has 0 bridgehead atoms. The normalized spacial score (nSPS) is 19.0. The molecule has 7 heteroatoms. The first-order valence-electron chi connectivity index (χ1n) is 6.66. The van der Waals surface area contributed by atoms with E-state index in [-0.39, 0.29) is 23.2 Å². The van der Waals surface area contributed by atoms with Gasteiger partial charge in [-0.2, -0.15) is 0 Å². The van der Waals surface area contributed by atoms with Crippen molar-refractivity contribution in [2.45, 2.75) is 25.8 Å². The van der Waals surface area contributed by atoms with Gasteiger partial charge in [0.2, 0.25) is 10.0 Å². The highest BCUT2D eigenvalue weighted by Crippen LogP contribution is 2.22. The highest BCUT2D eigenvalue weighted by Gasteiger charge is 2.22. The van der Waals surface area contributed by atoms with Gasteiger partial charge in [0.25, 0.3) is 0 Å². The summed E-state index contributed by atoms with van der Waals surface area (Å²) >= 11 is 0. The SMILES string of the molecule is CCOc1ccc(NS(=O)(=O)CC2CCCN2)cc1F. The first-order chi connectivity index (χ1) is 9.50. The first-order valence-corrected chi connectivity index (χ1v) is 8.31. The molecule has 1 unspecified atom stereocenters. The van der Waals surface area contributed by atoms with Crippen molar-refractivity contribution in [1.82, 2.24) is 5.32 Å². The zero-order valence-electron chi connectivity index (χ0n) is 11.4. The molecule has 1 aromatic rings. The summed E-state index contributed by atoms with van der Waals surface area (Å²) < 4.78 is 45.1. The monoisotopic (exact) mass is 302 g/mol. The first kappa shape index (κ1) is 15.1. The lowest BCUT2D eigenvalue weighted by molar-refractivity contribution is 0.321. The fourth-order valence-corrected chi connectivity index (χ4v) is 3.61. The van der Waals surface area contributed by atoms with Crippen LogP contribution in [0.3, 0.4) is 0 Å². The average Bonchev–Trinajstić information content (AvgIpc) is 2.84. The van der Waals surface area contributed by atoms with Crippen molar-refractivity contribution in [2.24, 2.45) is 0 Å². The van der Waals surface area contributed by atoms with E-state index in [4.69, 9.17) is 4.74 Å². The number of rotatable bonds is 6. The molecule has 1 aliphatic heterocycles. The Hall–Kier alpha value is -1.34. The maximum Gasteiger partial charge on any atom is 0.234 e. The Morgan fingerprint density at radius 2 is 2.30 bits per heavy atom. The van der Waals surface area contributed by atoms with Gasteiger partial charge in [0.05, 0.1) is 18.0 Å². The summed E-state index contributed by atoms with van der Waals surface area (Å²) in [7, 11) is -3.48. The van der Waals surface area contributed by atoms with E-state index in [0.717, 1.165) is 25.5 Å². The highest BCUT2D eigenvalue weighted by molar-refractivity contribution is 7.92. The lowest BCUT2D eigenvalue weighted by Gasteiger charge is -2.13. The van der Waals surface area contributed by atoms with Gasteiger partial charge in [-0.05, 0) is 38.4 Å². The summed E-state index contributed by atoms with van der Waals surface area (Å²) in [6, 6.07) is 4.02.